The first kappa shape index (κ1) is 9.50. The normalized spacial score (nSPS) is 31.8. The minimum atomic E-state index is -0.649. The van der Waals surface area contributed by atoms with E-state index in [0.717, 1.165) is 16.5 Å². The molecule has 1 N–H and O–H groups in total. The molecule has 2 rings (SSSR count). The molecule has 1 aliphatic carbocycles. The predicted octanol–water partition coefficient (Wildman–Crippen LogP) is 3.33. The first-order chi connectivity index (χ1) is 6.04. The van der Waals surface area contributed by atoms with Crippen LogP contribution in [0.2, 0.25) is 5.02 Å². The Morgan fingerprint density at radius 1 is 1.62 bits per heavy atom. The van der Waals surface area contributed by atoms with E-state index in [4.69, 9.17) is 11.6 Å². The van der Waals surface area contributed by atoms with Crippen LogP contribution in [0.15, 0.2) is 22.7 Å². The summed E-state index contributed by atoms with van der Waals surface area (Å²) in [4.78, 5) is 0. The number of rotatable bonds is 1. The van der Waals surface area contributed by atoms with E-state index in [0.29, 0.717) is 10.9 Å². The maximum absolute atomic E-state index is 10.1. The van der Waals surface area contributed by atoms with E-state index in [2.05, 4.69) is 15.9 Å². The fourth-order valence-corrected chi connectivity index (χ4v) is 2.37. The van der Waals surface area contributed by atoms with Crippen molar-refractivity contribution in [1.82, 2.24) is 0 Å². The van der Waals surface area contributed by atoms with Gasteiger partial charge in [-0.2, -0.15) is 0 Å². The Morgan fingerprint density at radius 2 is 2.23 bits per heavy atom. The molecule has 0 spiro atoms. The number of halogens is 2. The zero-order valence-corrected chi connectivity index (χ0v) is 9.56. The number of hydrogen-bond donors (Lipinski definition) is 1. The molecular weight excluding hydrogens is 251 g/mol. The van der Waals surface area contributed by atoms with E-state index >= 15 is 0 Å². The predicted molar refractivity (Wildman–Crippen MR) is 56.8 cm³/mol. The Kier molecular flexibility index (Phi) is 2.17. The van der Waals surface area contributed by atoms with Gasteiger partial charge in [0, 0.05) is 9.50 Å². The zero-order valence-electron chi connectivity index (χ0n) is 7.22. The van der Waals surface area contributed by atoms with Gasteiger partial charge in [-0.05, 0) is 36.1 Å². The topological polar surface area (TPSA) is 20.2 Å². The average molecular weight is 262 g/mol. The van der Waals surface area contributed by atoms with Crippen LogP contribution in [0.4, 0.5) is 0 Å². The highest BCUT2D eigenvalue weighted by atomic mass is 79.9. The first-order valence-corrected chi connectivity index (χ1v) is 5.39. The van der Waals surface area contributed by atoms with Crippen LogP contribution in [0.3, 0.4) is 0 Å². The first-order valence-electron chi connectivity index (χ1n) is 4.22. The van der Waals surface area contributed by atoms with E-state index in [1.165, 1.54) is 0 Å². The third-order valence-electron chi connectivity index (χ3n) is 2.67. The summed E-state index contributed by atoms with van der Waals surface area (Å²) < 4.78 is 0.934. The minimum Gasteiger partial charge on any atom is -0.385 e. The van der Waals surface area contributed by atoms with Crippen molar-refractivity contribution in [2.75, 3.05) is 0 Å². The lowest BCUT2D eigenvalue weighted by Crippen LogP contribution is -2.08. The summed E-state index contributed by atoms with van der Waals surface area (Å²) in [5.74, 6) is 0.335. The highest BCUT2D eigenvalue weighted by molar-refractivity contribution is 9.10. The molecule has 13 heavy (non-hydrogen) atoms. The van der Waals surface area contributed by atoms with Gasteiger partial charge in [0.2, 0.25) is 0 Å². The standard InChI is InChI=1S/C10H10BrClO/c1-6-5-10(6,13)8-4-7(12)2-3-9(8)11/h2-4,6,13H,5H2,1H3. The second-order valence-corrected chi connectivity index (χ2v) is 4.94. The largest absolute Gasteiger partial charge is 0.385 e. The van der Waals surface area contributed by atoms with Gasteiger partial charge in [-0.3, -0.25) is 0 Å². The number of hydrogen-bond acceptors (Lipinski definition) is 1. The second-order valence-electron chi connectivity index (χ2n) is 3.65. The molecule has 2 unspecified atom stereocenters. The molecule has 0 heterocycles. The van der Waals surface area contributed by atoms with Crippen molar-refractivity contribution < 1.29 is 5.11 Å². The molecule has 0 aromatic heterocycles. The quantitative estimate of drug-likeness (QED) is 0.822. The lowest BCUT2D eigenvalue weighted by molar-refractivity contribution is 0.134. The van der Waals surface area contributed by atoms with Crippen molar-refractivity contribution in [2.45, 2.75) is 18.9 Å². The number of benzene rings is 1. The molecule has 0 saturated heterocycles. The molecular formula is C10H10BrClO. The number of aliphatic hydroxyl groups is 1. The second kappa shape index (κ2) is 2.97. The van der Waals surface area contributed by atoms with Crippen LogP contribution >= 0.6 is 27.5 Å². The van der Waals surface area contributed by atoms with Crippen molar-refractivity contribution in [1.29, 1.82) is 0 Å². The SMILES string of the molecule is CC1CC1(O)c1cc(Cl)ccc1Br. The van der Waals surface area contributed by atoms with Crippen molar-refractivity contribution in [3.8, 4) is 0 Å². The molecule has 1 fully saturated rings. The molecule has 0 radical (unpaired) electrons. The van der Waals surface area contributed by atoms with Crippen molar-refractivity contribution in [3.05, 3.63) is 33.3 Å². The molecule has 1 aromatic rings. The Hall–Kier alpha value is -0.0500. The summed E-state index contributed by atoms with van der Waals surface area (Å²) in [6.07, 6.45) is 0.825. The van der Waals surface area contributed by atoms with Crippen LogP contribution in [0.1, 0.15) is 18.9 Å². The maximum Gasteiger partial charge on any atom is 0.0938 e. The van der Waals surface area contributed by atoms with Crippen molar-refractivity contribution in [2.24, 2.45) is 5.92 Å². The maximum atomic E-state index is 10.1. The fourth-order valence-electron chi connectivity index (χ4n) is 1.61. The molecule has 3 heteroatoms. The third kappa shape index (κ3) is 1.51. The van der Waals surface area contributed by atoms with Crippen LogP contribution in [0, 0.1) is 5.92 Å². The summed E-state index contributed by atoms with van der Waals surface area (Å²) in [5, 5.41) is 10.8. The van der Waals surface area contributed by atoms with Crippen molar-refractivity contribution in [3.63, 3.8) is 0 Å². The zero-order chi connectivity index (χ0) is 9.64. The molecule has 0 aliphatic heterocycles. The molecule has 1 aromatic carbocycles. The van der Waals surface area contributed by atoms with Crippen LogP contribution in [-0.4, -0.2) is 5.11 Å². The average Bonchev–Trinajstić information content (AvgIpc) is 2.66. The highest BCUT2D eigenvalue weighted by Gasteiger charge is 2.51. The van der Waals surface area contributed by atoms with E-state index in [1.807, 2.05) is 25.1 Å². The molecule has 0 amide bonds. The van der Waals surface area contributed by atoms with E-state index in [9.17, 15) is 5.11 Å². The lowest BCUT2D eigenvalue weighted by atomic mass is 10.1. The smallest absolute Gasteiger partial charge is 0.0938 e. The summed E-state index contributed by atoms with van der Waals surface area (Å²) >= 11 is 9.28. The Balaban J connectivity index is 2.46. The molecule has 1 aliphatic rings. The van der Waals surface area contributed by atoms with Gasteiger partial charge in [0.1, 0.15) is 0 Å². The molecule has 70 valence electrons. The molecule has 0 bridgehead atoms. The van der Waals surface area contributed by atoms with Crippen LogP contribution < -0.4 is 0 Å². The van der Waals surface area contributed by atoms with Gasteiger partial charge in [0.05, 0.1) is 5.60 Å². The summed E-state index contributed by atoms with van der Waals surface area (Å²) in [7, 11) is 0. The van der Waals surface area contributed by atoms with Gasteiger partial charge in [-0.25, -0.2) is 0 Å². The Bertz CT molecular complexity index is 353. The monoisotopic (exact) mass is 260 g/mol. The molecule has 1 nitrogen and oxygen atoms in total. The van der Waals surface area contributed by atoms with Gasteiger partial charge in [-0.1, -0.05) is 34.5 Å². The van der Waals surface area contributed by atoms with Crippen LogP contribution in [0.5, 0.6) is 0 Å². The van der Waals surface area contributed by atoms with Gasteiger partial charge >= 0.3 is 0 Å². The van der Waals surface area contributed by atoms with Crippen LogP contribution in [0.25, 0.3) is 0 Å². The fraction of sp³-hybridized carbons (Fsp3) is 0.400. The van der Waals surface area contributed by atoms with Crippen molar-refractivity contribution >= 4 is 27.5 Å². The lowest BCUT2D eigenvalue weighted by Gasteiger charge is -2.12. The van der Waals surface area contributed by atoms with Crippen LogP contribution in [-0.2, 0) is 5.60 Å². The Labute approximate surface area is 90.9 Å². The highest BCUT2D eigenvalue weighted by Crippen LogP contribution is 2.53. The van der Waals surface area contributed by atoms with E-state index in [-0.39, 0.29) is 0 Å². The summed E-state index contributed by atoms with van der Waals surface area (Å²) in [6, 6.07) is 5.52. The summed E-state index contributed by atoms with van der Waals surface area (Å²) in [6.45, 7) is 2.04. The molecule has 1 saturated carbocycles. The van der Waals surface area contributed by atoms with E-state index < -0.39 is 5.60 Å². The third-order valence-corrected chi connectivity index (χ3v) is 3.59. The summed E-state index contributed by atoms with van der Waals surface area (Å²) in [5.41, 5.74) is 0.261. The molecule has 2 atom stereocenters. The van der Waals surface area contributed by atoms with Gasteiger partial charge in [0.25, 0.3) is 0 Å². The van der Waals surface area contributed by atoms with E-state index in [1.54, 1.807) is 0 Å². The minimum absolute atomic E-state index is 0.335. The van der Waals surface area contributed by atoms with Gasteiger partial charge in [0.15, 0.2) is 0 Å². The van der Waals surface area contributed by atoms with Gasteiger partial charge < -0.3 is 5.11 Å². The Morgan fingerprint density at radius 3 is 2.77 bits per heavy atom. The van der Waals surface area contributed by atoms with Gasteiger partial charge in [-0.15, -0.1) is 0 Å².